The monoisotopic (exact) mass is 237 g/mol. The van der Waals surface area contributed by atoms with Gasteiger partial charge in [0.1, 0.15) is 11.6 Å². The van der Waals surface area contributed by atoms with Crippen molar-refractivity contribution in [3.8, 4) is 0 Å². The molecule has 17 heavy (non-hydrogen) atoms. The van der Waals surface area contributed by atoms with Crippen molar-refractivity contribution in [2.24, 2.45) is 0 Å². The van der Waals surface area contributed by atoms with Crippen molar-refractivity contribution >= 4 is 17.6 Å². The maximum absolute atomic E-state index is 5.64. The maximum atomic E-state index is 5.64. The molecule has 0 spiro atoms. The van der Waals surface area contributed by atoms with E-state index >= 15 is 0 Å². The third kappa shape index (κ3) is 5.38. The van der Waals surface area contributed by atoms with Gasteiger partial charge in [0.2, 0.25) is 5.95 Å². The van der Waals surface area contributed by atoms with Gasteiger partial charge in [-0.15, -0.1) is 0 Å². The molecular weight excluding hydrogens is 214 g/mol. The molecule has 96 valence electrons. The lowest BCUT2D eigenvalue weighted by molar-refractivity contribution is 0.684. The molecule has 1 aromatic rings. The van der Waals surface area contributed by atoms with Crippen molar-refractivity contribution in [2.45, 2.75) is 39.5 Å². The molecule has 0 saturated heterocycles. The minimum Gasteiger partial charge on any atom is -0.370 e. The molecule has 0 aliphatic rings. The fraction of sp³-hybridized carbons (Fsp3) is 0.667. The molecule has 0 saturated carbocycles. The van der Waals surface area contributed by atoms with Gasteiger partial charge in [-0.1, -0.05) is 26.2 Å². The number of nitrogen functional groups attached to an aromatic ring is 1. The Bertz CT molecular complexity index is 327. The zero-order valence-corrected chi connectivity index (χ0v) is 10.8. The van der Waals surface area contributed by atoms with Crippen molar-refractivity contribution in [2.75, 3.05) is 29.5 Å². The van der Waals surface area contributed by atoms with E-state index in [4.69, 9.17) is 5.73 Å². The number of nitrogens with zero attached hydrogens (tertiary/aromatic N) is 2. The first-order chi connectivity index (χ1) is 8.26. The number of nitrogens with two attached hydrogens (primary N) is 1. The largest absolute Gasteiger partial charge is 0.370 e. The Hall–Kier alpha value is -1.52. The smallest absolute Gasteiger partial charge is 0.223 e. The van der Waals surface area contributed by atoms with Gasteiger partial charge in [0.25, 0.3) is 0 Å². The Morgan fingerprint density at radius 3 is 2.41 bits per heavy atom. The molecule has 1 heterocycles. The molecule has 0 unspecified atom stereocenters. The molecule has 5 heteroatoms. The highest BCUT2D eigenvalue weighted by molar-refractivity contribution is 5.50. The predicted octanol–water partition coefficient (Wildman–Crippen LogP) is 2.48. The summed E-state index contributed by atoms with van der Waals surface area (Å²) in [6, 6.07) is 1.89. The van der Waals surface area contributed by atoms with Gasteiger partial charge in [-0.2, -0.15) is 9.97 Å². The van der Waals surface area contributed by atoms with Crippen LogP contribution in [0, 0.1) is 0 Å². The van der Waals surface area contributed by atoms with Crippen LogP contribution in [-0.2, 0) is 0 Å². The lowest BCUT2D eigenvalue weighted by Gasteiger charge is -2.08. The Balaban J connectivity index is 2.41. The second kappa shape index (κ2) is 7.70. The summed E-state index contributed by atoms with van der Waals surface area (Å²) in [6.07, 6.45) is 4.96. The molecule has 0 radical (unpaired) electrons. The van der Waals surface area contributed by atoms with Gasteiger partial charge >= 0.3 is 0 Å². The molecule has 0 atom stereocenters. The third-order valence-electron chi connectivity index (χ3n) is 2.44. The Labute approximate surface area is 103 Å². The summed E-state index contributed by atoms with van der Waals surface area (Å²) in [5.74, 6) is 1.88. The number of rotatable bonds is 8. The second-order valence-electron chi connectivity index (χ2n) is 4.01. The fourth-order valence-corrected chi connectivity index (χ4v) is 1.60. The minimum atomic E-state index is 0.305. The summed E-state index contributed by atoms with van der Waals surface area (Å²) < 4.78 is 0. The molecule has 4 N–H and O–H groups in total. The second-order valence-corrected chi connectivity index (χ2v) is 4.01. The van der Waals surface area contributed by atoms with Gasteiger partial charge in [-0.25, -0.2) is 0 Å². The molecule has 0 aromatic carbocycles. The van der Waals surface area contributed by atoms with Gasteiger partial charge in [-0.3, -0.25) is 0 Å². The van der Waals surface area contributed by atoms with E-state index in [1.807, 2.05) is 13.0 Å². The highest BCUT2D eigenvalue weighted by Crippen LogP contribution is 2.12. The summed E-state index contributed by atoms with van der Waals surface area (Å²) in [5.41, 5.74) is 5.64. The van der Waals surface area contributed by atoms with E-state index in [9.17, 15) is 0 Å². The molecule has 0 amide bonds. The van der Waals surface area contributed by atoms with Crippen LogP contribution in [0.15, 0.2) is 6.07 Å². The minimum absolute atomic E-state index is 0.305. The molecule has 0 aliphatic carbocycles. The van der Waals surface area contributed by atoms with E-state index in [0.717, 1.165) is 31.1 Å². The first-order valence-electron chi connectivity index (χ1n) is 6.38. The van der Waals surface area contributed by atoms with Crippen LogP contribution in [0.3, 0.4) is 0 Å². The normalized spacial score (nSPS) is 10.2. The lowest BCUT2D eigenvalue weighted by Crippen LogP contribution is -2.08. The number of nitrogens with one attached hydrogen (secondary N) is 2. The molecule has 5 nitrogen and oxygen atoms in total. The predicted molar refractivity (Wildman–Crippen MR) is 73.2 cm³/mol. The van der Waals surface area contributed by atoms with E-state index in [1.165, 1.54) is 19.3 Å². The fourth-order valence-electron chi connectivity index (χ4n) is 1.60. The average Bonchev–Trinajstić information content (AvgIpc) is 2.28. The van der Waals surface area contributed by atoms with E-state index in [0.29, 0.717) is 5.95 Å². The number of hydrogen-bond acceptors (Lipinski definition) is 5. The Kier molecular flexibility index (Phi) is 6.14. The first kappa shape index (κ1) is 13.5. The van der Waals surface area contributed by atoms with Crippen LogP contribution in [-0.4, -0.2) is 23.1 Å². The van der Waals surface area contributed by atoms with Crippen LogP contribution in [0.2, 0.25) is 0 Å². The zero-order valence-electron chi connectivity index (χ0n) is 10.8. The molecule has 1 aromatic heterocycles. The number of unbranched alkanes of at least 4 members (excludes halogenated alkanes) is 3. The van der Waals surface area contributed by atoms with Gasteiger partial charge in [0, 0.05) is 19.2 Å². The molecule has 1 rings (SSSR count). The zero-order chi connectivity index (χ0) is 12.5. The molecular formula is C12H23N5. The standard InChI is InChI=1S/C12H23N5/c1-3-5-6-7-8-15-11-9-10(14-4-2)16-12(13)17-11/h9H,3-8H2,1-2H3,(H4,13,14,15,16,17). The topological polar surface area (TPSA) is 75.9 Å². The highest BCUT2D eigenvalue weighted by atomic mass is 15.1. The summed E-state index contributed by atoms with van der Waals surface area (Å²) in [6.45, 7) is 5.99. The quantitative estimate of drug-likeness (QED) is 0.606. The van der Waals surface area contributed by atoms with E-state index in [-0.39, 0.29) is 0 Å². The SMILES string of the molecule is CCCCCCNc1cc(NCC)nc(N)n1. The number of aromatic nitrogens is 2. The van der Waals surface area contributed by atoms with Crippen LogP contribution in [0.5, 0.6) is 0 Å². The number of anilines is 3. The average molecular weight is 237 g/mol. The van der Waals surface area contributed by atoms with Gasteiger partial charge in [0.15, 0.2) is 0 Å². The van der Waals surface area contributed by atoms with E-state index in [1.54, 1.807) is 0 Å². The maximum Gasteiger partial charge on any atom is 0.223 e. The molecule has 0 aliphatic heterocycles. The summed E-state index contributed by atoms with van der Waals surface area (Å²) in [7, 11) is 0. The highest BCUT2D eigenvalue weighted by Gasteiger charge is 2.00. The van der Waals surface area contributed by atoms with E-state index < -0.39 is 0 Å². The Morgan fingerprint density at radius 1 is 1.06 bits per heavy atom. The summed E-state index contributed by atoms with van der Waals surface area (Å²) in [4.78, 5) is 8.25. The van der Waals surface area contributed by atoms with E-state index in [2.05, 4.69) is 27.5 Å². The van der Waals surface area contributed by atoms with Crippen LogP contribution in [0.4, 0.5) is 17.6 Å². The van der Waals surface area contributed by atoms with Crippen molar-refractivity contribution < 1.29 is 0 Å². The lowest BCUT2D eigenvalue weighted by atomic mass is 10.2. The van der Waals surface area contributed by atoms with Gasteiger partial charge < -0.3 is 16.4 Å². The first-order valence-corrected chi connectivity index (χ1v) is 6.38. The summed E-state index contributed by atoms with van der Waals surface area (Å²) in [5, 5.41) is 6.40. The molecule has 0 bridgehead atoms. The molecule has 0 fully saturated rings. The van der Waals surface area contributed by atoms with Crippen LogP contribution < -0.4 is 16.4 Å². The summed E-state index contributed by atoms with van der Waals surface area (Å²) >= 11 is 0. The van der Waals surface area contributed by atoms with Crippen molar-refractivity contribution in [3.05, 3.63) is 6.07 Å². The number of hydrogen-bond donors (Lipinski definition) is 3. The van der Waals surface area contributed by atoms with Crippen LogP contribution >= 0.6 is 0 Å². The third-order valence-corrected chi connectivity index (χ3v) is 2.44. The van der Waals surface area contributed by atoms with Gasteiger partial charge in [-0.05, 0) is 13.3 Å². The van der Waals surface area contributed by atoms with Crippen molar-refractivity contribution in [1.82, 2.24) is 9.97 Å². The van der Waals surface area contributed by atoms with Crippen LogP contribution in [0.1, 0.15) is 39.5 Å². The van der Waals surface area contributed by atoms with Gasteiger partial charge in [0.05, 0.1) is 0 Å². The van der Waals surface area contributed by atoms with Crippen LogP contribution in [0.25, 0.3) is 0 Å². The van der Waals surface area contributed by atoms with Crippen molar-refractivity contribution in [3.63, 3.8) is 0 Å². The Morgan fingerprint density at radius 2 is 1.76 bits per heavy atom. The van der Waals surface area contributed by atoms with Crippen molar-refractivity contribution in [1.29, 1.82) is 0 Å².